The second-order valence-electron chi connectivity index (χ2n) is 5.07. The zero-order chi connectivity index (χ0) is 16.8. The maximum absolute atomic E-state index is 11.9. The van der Waals surface area contributed by atoms with E-state index in [9.17, 15) is 16.8 Å². The topological polar surface area (TPSA) is 83.6 Å². The first-order valence-electron chi connectivity index (χ1n) is 7.23. The highest BCUT2D eigenvalue weighted by Gasteiger charge is 2.18. The Labute approximate surface area is 133 Å². The van der Waals surface area contributed by atoms with Crippen molar-refractivity contribution in [3.8, 4) is 0 Å². The normalized spacial score (nSPS) is 12.3. The molecule has 1 rings (SSSR count). The predicted octanol–water partition coefficient (Wildman–Crippen LogP) is 1.34. The molecule has 0 amide bonds. The van der Waals surface area contributed by atoms with Crippen molar-refractivity contribution in [3.05, 3.63) is 29.8 Å². The van der Waals surface area contributed by atoms with Crippen LogP contribution in [-0.4, -0.2) is 41.9 Å². The summed E-state index contributed by atoms with van der Waals surface area (Å²) in [5, 5.41) is 0. The Morgan fingerprint density at radius 2 is 1.64 bits per heavy atom. The Balaban J connectivity index is 2.82. The van der Waals surface area contributed by atoms with Gasteiger partial charge in [0.1, 0.15) is 0 Å². The Morgan fingerprint density at radius 3 is 2.09 bits per heavy atom. The van der Waals surface area contributed by atoms with Gasteiger partial charge < -0.3 is 0 Å². The van der Waals surface area contributed by atoms with Gasteiger partial charge in [-0.15, -0.1) is 0 Å². The molecule has 126 valence electrons. The monoisotopic (exact) mass is 348 g/mol. The summed E-state index contributed by atoms with van der Waals surface area (Å²) >= 11 is 0. The number of hydrogen-bond acceptors (Lipinski definition) is 4. The summed E-state index contributed by atoms with van der Waals surface area (Å²) in [7, 11) is -6.81. The highest BCUT2D eigenvalue weighted by molar-refractivity contribution is 7.92. The van der Waals surface area contributed by atoms with Gasteiger partial charge in [-0.1, -0.05) is 26.0 Å². The van der Waals surface area contributed by atoms with E-state index in [1.807, 2.05) is 19.1 Å². The lowest BCUT2D eigenvalue weighted by Gasteiger charge is -2.22. The van der Waals surface area contributed by atoms with Crippen LogP contribution in [0.5, 0.6) is 0 Å². The Hall–Kier alpha value is -1.12. The average Bonchev–Trinajstić information content (AvgIpc) is 2.42. The molecule has 0 fully saturated rings. The van der Waals surface area contributed by atoms with Crippen molar-refractivity contribution in [3.63, 3.8) is 0 Å². The molecule has 0 spiro atoms. The summed E-state index contributed by atoms with van der Waals surface area (Å²) in [4.78, 5) is 0. The van der Waals surface area contributed by atoms with Crippen molar-refractivity contribution in [2.24, 2.45) is 0 Å². The van der Waals surface area contributed by atoms with Crippen molar-refractivity contribution in [1.29, 1.82) is 0 Å². The van der Waals surface area contributed by atoms with Crippen molar-refractivity contribution < 1.29 is 16.8 Å². The number of benzene rings is 1. The van der Waals surface area contributed by atoms with Crippen LogP contribution in [0.25, 0.3) is 0 Å². The SMILES string of the molecule is CCCS(=O)(=O)NCCN(c1ccc(CC)cc1)S(C)(=O)=O. The quantitative estimate of drug-likeness (QED) is 0.730. The fourth-order valence-electron chi connectivity index (χ4n) is 2.03. The molecule has 22 heavy (non-hydrogen) atoms. The van der Waals surface area contributed by atoms with Crippen molar-refractivity contribution in [1.82, 2.24) is 4.72 Å². The van der Waals surface area contributed by atoms with Gasteiger partial charge in [0.2, 0.25) is 20.0 Å². The molecular formula is C14H24N2O4S2. The van der Waals surface area contributed by atoms with E-state index in [4.69, 9.17) is 0 Å². The summed E-state index contributed by atoms with van der Waals surface area (Å²) in [6.45, 7) is 3.90. The largest absolute Gasteiger partial charge is 0.269 e. The van der Waals surface area contributed by atoms with Gasteiger partial charge >= 0.3 is 0 Å². The molecule has 0 bridgehead atoms. The lowest BCUT2D eigenvalue weighted by molar-refractivity contribution is 0.577. The van der Waals surface area contributed by atoms with E-state index in [0.717, 1.165) is 18.2 Å². The number of rotatable bonds is 9. The van der Waals surface area contributed by atoms with Crippen LogP contribution >= 0.6 is 0 Å². The Morgan fingerprint density at radius 1 is 1.05 bits per heavy atom. The van der Waals surface area contributed by atoms with Crippen molar-refractivity contribution in [2.45, 2.75) is 26.7 Å². The number of hydrogen-bond donors (Lipinski definition) is 1. The number of nitrogens with zero attached hydrogens (tertiary/aromatic N) is 1. The lowest BCUT2D eigenvalue weighted by atomic mass is 10.1. The van der Waals surface area contributed by atoms with E-state index < -0.39 is 20.0 Å². The Kier molecular flexibility index (Phi) is 6.83. The first-order valence-corrected chi connectivity index (χ1v) is 10.7. The van der Waals surface area contributed by atoms with Crippen molar-refractivity contribution in [2.75, 3.05) is 29.4 Å². The standard InChI is InChI=1S/C14H24N2O4S2/c1-4-12-22(19,20)15-10-11-16(21(3,17)18)14-8-6-13(5-2)7-9-14/h6-9,15H,4-5,10-12H2,1-3H3. The van der Waals surface area contributed by atoms with E-state index in [1.165, 1.54) is 4.31 Å². The van der Waals surface area contributed by atoms with Crippen molar-refractivity contribution >= 4 is 25.7 Å². The first kappa shape index (κ1) is 18.9. The summed E-state index contributed by atoms with van der Waals surface area (Å²) in [5.41, 5.74) is 1.65. The second-order valence-corrected chi connectivity index (χ2v) is 8.90. The average molecular weight is 348 g/mol. The van der Waals surface area contributed by atoms with Crippen LogP contribution in [0.3, 0.4) is 0 Å². The van der Waals surface area contributed by atoms with Gasteiger partial charge in [0.15, 0.2) is 0 Å². The van der Waals surface area contributed by atoms with E-state index >= 15 is 0 Å². The smallest absolute Gasteiger partial charge is 0.232 e. The predicted molar refractivity (Wildman–Crippen MR) is 90.1 cm³/mol. The molecule has 6 nitrogen and oxygen atoms in total. The summed E-state index contributed by atoms with van der Waals surface area (Å²) < 4.78 is 50.7. The number of sulfonamides is 2. The molecule has 0 atom stereocenters. The number of nitrogens with one attached hydrogen (secondary N) is 1. The molecule has 1 aromatic rings. The van der Waals surface area contributed by atoms with Crippen LogP contribution in [0.2, 0.25) is 0 Å². The van der Waals surface area contributed by atoms with Crippen LogP contribution in [0.15, 0.2) is 24.3 Å². The van der Waals surface area contributed by atoms with Crippen LogP contribution < -0.4 is 9.03 Å². The highest BCUT2D eigenvalue weighted by Crippen LogP contribution is 2.18. The van der Waals surface area contributed by atoms with Gasteiger partial charge in [-0.3, -0.25) is 4.31 Å². The van der Waals surface area contributed by atoms with E-state index in [2.05, 4.69) is 4.72 Å². The minimum Gasteiger partial charge on any atom is -0.269 e. The molecule has 0 unspecified atom stereocenters. The number of aryl methyl sites for hydroxylation is 1. The Bertz CT molecular complexity index is 667. The number of anilines is 1. The molecule has 1 N–H and O–H groups in total. The third-order valence-corrected chi connectivity index (χ3v) is 5.93. The molecule has 0 aliphatic heterocycles. The van der Waals surface area contributed by atoms with Gasteiger partial charge in [0.05, 0.1) is 17.7 Å². The highest BCUT2D eigenvalue weighted by atomic mass is 32.2. The molecule has 0 saturated heterocycles. The van der Waals surface area contributed by atoms with Gasteiger partial charge in [-0.25, -0.2) is 21.6 Å². The van der Waals surface area contributed by atoms with Crippen LogP contribution in [0, 0.1) is 0 Å². The zero-order valence-electron chi connectivity index (χ0n) is 13.2. The lowest BCUT2D eigenvalue weighted by Crippen LogP contribution is -2.38. The molecule has 0 saturated carbocycles. The summed E-state index contributed by atoms with van der Waals surface area (Å²) in [6, 6.07) is 7.21. The molecular weight excluding hydrogens is 324 g/mol. The third kappa shape index (κ3) is 5.94. The molecule has 0 radical (unpaired) electrons. The molecule has 0 aliphatic rings. The van der Waals surface area contributed by atoms with Crippen LogP contribution in [-0.2, 0) is 26.5 Å². The van der Waals surface area contributed by atoms with Crippen LogP contribution in [0.4, 0.5) is 5.69 Å². The van der Waals surface area contributed by atoms with E-state index in [1.54, 1.807) is 19.1 Å². The molecule has 1 aromatic carbocycles. The molecule has 0 aromatic heterocycles. The fraction of sp³-hybridized carbons (Fsp3) is 0.571. The zero-order valence-corrected chi connectivity index (χ0v) is 14.9. The van der Waals surface area contributed by atoms with E-state index in [-0.39, 0.29) is 18.8 Å². The molecule has 8 heteroatoms. The van der Waals surface area contributed by atoms with Gasteiger partial charge in [0, 0.05) is 13.1 Å². The molecule has 0 heterocycles. The minimum absolute atomic E-state index is 0.0388. The van der Waals surface area contributed by atoms with E-state index in [0.29, 0.717) is 12.1 Å². The summed E-state index contributed by atoms with van der Waals surface area (Å²) in [6.07, 6.45) is 2.50. The van der Waals surface area contributed by atoms with Gasteiger partial charge in [-0.2, -0.15) is 0 Å². The fourth-order valence-corrected chi connectivity index (χ4v) is 4.04. The van der Waals surface area contributed by atoms with Crippen LogP contribution in [0.1, 0.15) is 25.8 Å². The maximum atomic E-state index is 11.9. The maximum Gasteiger partial charge on any atom is 0.232 e. The second kappa shape index (κ2) is 7.94. The minimum atomic E-state index is -3.47. The molecule has 0 aliphatic carbocycles. The van der Waals surface area contributed by atoms with Gasteiger partial charge in [0.25, 0.3) is 0 Å². The summed E-state index contributed by atoms with van der Waals surface area (Å²) in [5.74, 6) is 0.0388. The third-order valence-electron chi connectivity index (χ3n) is 3.14. The van der Waals surface area contributed by atoms with Gasteiger partial charge in [-0.05, 0) is 30.5 Å². The first-order chi connectivity index (χ1) is 10.2.